The predicted octanol–water partition coefficient (Wildman–Crippen LogP) is 18.9. The number of hydrogen-bond acceptors (Lipinski definition) is 4. The predicted molar refractivity (Wildman–Crippen MR) is 287 cm³/mol. The number of aliphatic hydroxyl groups is 3. The molecule has 0 rings (SSSR count). The summed E-state index contributed by atoms with van der Waals surface area (Å²) in [6.45, 7) is 4.27. The van der Waals surface area contributed by atoms with Crippen molar-refractivity contribution in [1.82, 2.24) is 5.32 Å². The molecule has 0 aliphatic heterocycles. The van der Waals surface area contributed by atoms with E-state index >= 15 is 0 Å². The van der Waals surface area contributed by atoms with Gasteiger partial charge in [0.2, 0.25) is 5.91 Å². The minimum Gasteiger partial charge on any atom is -0.394 e. The smallest absolute Gasteiger partial charge is 0.249 e. The van der Waals surface area contributed by atoms with Crippen molar-refractivity contribution in [3.8, 4) is 0 Å². The maximum atomic E-state index is 12.6. The second kappa shape index (κ2) is 55.9. The molecule has 5 heteroatoms. The first-order chi connectivity index (χ1) is 32.1. The van der Waals surface area contributed by atoms with E-state index in [1.165, 1.54) is 295 Å². The lowest BCUT2D eigenvalue weighted by molar-refractivity contribution is -0.131. The molecule has 4 N–H and O–H groups in total. The summed E-state index contributed by atoms with van der Waals surface area (Å²) in [4.78, 5) is 12.6. The van der Waals surface area contributed by atoms with Gasteiger partial charge in [-0.3, -0.25) is 4.79 Å². The normalized spacial score (nSPS) is 13.1. The van der Waals surface area contributed by atoms with E-state index in [0.29, 0.717) is 12.8 Å². The summed E-state index contributed by atoms with van der Waals surface area (Å²) in [5, 5.41) is 33.5. The zero-order valence-electron chi connectivity index (χ0n) is 44.7. The molecule has 0 heterocycles. The molecule has 3 unspecified atom stereocenters. The lowest BCUT2D eigenvalue weighted by Crippen LogP contribution is -2.49. The number of aliphatic hydroxyl groups excluding tert-OH is 3. The number of rotatable bonds is 57. The molecule has 390 valence electrons. The molecule has 5 nitrogen and oxygen atoms in total. The summed E-state index contributed by atoms with van der Waals surface area (Å²) in [7, 11) is 0. The van der Waals surface area contributed by atoms with Crippen LogP contribution in [0.4, 0.5) is 0 Å². The number of amides is 1. The summed E-state index contributed by atoms with van der Waals surface area (Å²) in [6, 6.07) is -0.707. The maximum Gasteiger partial charge on any atom is 0.249 e. The van der Waals surface area contributed by atoms with Crippen LogP contribution in [0.5, 0.6) is 0 Å². The van der Waals surface area contributed by atoms with Gasteiger partial charge < -0.3 is 20.6 Å². The van der Waals surface area contributed by atoms with Crippen LogP contribution < -0.4 is 5.32 Å². The Morgan fingerprint density at radius 2 is 0.492 bits per heavy atom. The zero-order chi connectivity index (χ0) is 47.2. The third-order valence-corrected chi connectivity index (χ3v) is 14.7. The molecule has 0 saturated carbocycles. The van der Waals surface area contributed by atoms with Crippen molar-refractivity contribution in [2.75, 3.05) is 6.61 Å². The van der Waals surface area contributed by atoms with Crippen molar-refractivity contribution < 1.29 is 20.1 Å². The Labute approximate surface area is 408 Å². The highest BCUT2D eigenvalue weighted by Crippen LogP contribution is 2.19. The molecular weight excluding hydrogens is 799 g/mol. The Morgan fingerprint density at radius 3 is 0.692 bits per heavy atom. The van der Waals surface area contributed by atoms with E-state index in [1.54, 1.807) is 0 Å². The van der Waals surface area contributed by atoms with Gasteiger partial charge in [-0.25, -0.2) is 0 Å². The highest BCUT2D eigenvalue weighted by Gasteiger charge is 2.23. The number of nitrogens with one attached hydrogen (secondary N) is 1. The van der Waals surface area contributed by atoms with Crippen LogP contribution in [0.1, 0.15) is 354 Å². The van der Waals surface area contributed by atoms with Crippen molar-refractivity contribution in [3.63, 3.8) is 0 Å². The monoisotopic (exact) mass is 920 g/mol. The Balaban J connectivity index is 3.40. The summed E-state index contributed by atoms with van der Waals surface area (Å²) >= 11 is 0. The first-order valence-corrected chi connectivity index (χ1v) is 30.3. The first-order valence-electron chi connectivity index (χ1n) is 30.3. The average Bonchev–Trinajstić information content (AvgIpc) is 3.31. The van der Waals surface area contributed by atoms with E-state index in [0.717, 1.165) is 32.1 Å². The van der Waals surface area contributed by atoms with Gasteiger partial charge in [-0.05, 0) is 12.8 Å². The molecule has 0 aromatic heterocycles. The van der Waals surface area contributed by atoms with Crippen LogP contribution in [-0.2, 0) is 4.79 Å². The molecule has 0 aliphatic carbocycles. The van der Waals surface area contributed by atoms with Crippen molar-refractivity contribution in [2.24, 2.45) is 0 Å². The molecule has 0 radical (unpaired) electrons. The van der Waals surface area contributed by atoms with Crippen LogP contribution in [-0.4, -0.2) is 46.1 Å². The third-order valence-electron chi connectivity index (χ3n) is 14.7. The standard InChI is InChI=1S/C60H121NO4/c1-3-5-7-9-11-13-15-17-19-20-21-22-23-24-25-26-27-28-29-30-31-32-33-34-35-36-37-38-39-41-43-45-47-49-51-53-55-59(64)60(65)61-57(56-62)58(63)54-52-50-48-46-44-42-40-18-16-14-12-10-8-6-4-2/h57-59,62-64H,3-56H2,1-2H3,(H,61,65). The van der Waals surface area contributed by atoms with Crippen LogP contribution in [0.3, 0.4) is 0 Å². The highest BCUT2D eigenvalue weighted by molar-refractivity contribution is 5.80. The summed E-state index contributed by atoms with van der Waals surface area (Å²) < 4.78 is 0. The van der Waals surface area contributed by atoms with Gasteiger partial charge in [0.15, 0.2) is 0 Å². The Hall–Kier alpha value is -0.650. The lowest BCUT2D eigenvalue weighted by atomic mass is 10.0. The molecule has 0 bridgehead atoms. The van der Waals surface area contributed by atoms with Gasteiger partial charge in [0.05, 0.1) is 18.8 Å². The van der Waals surface area contributed by atoms with Crippen LogP contribution >= 0.6 is 0 Å². The van der Waals surface area contributed by atoms with Crippen LogP contribution in [0.25, 0.3) is 0 Å². The van der Waals surface area contributed by atoms with Gasteiger partial charge in [-0.2, -0.15) is 0 Å². The van der Waals surface area contributed by atoms with E-state index in [4.69, 9.17) is 0 Å². The molecular formula is C60H121NO4. The van der Waals surface area contributed by atoms with Crippen molar-refractivity contribution in [1.29, 1.82) is 0 Å². The Bertz CT molecular complexity index is 883. The van der Waals surface area contributed by atoms with Crippen LogP contribution in [0.2, 0.25) is 0 Å². The molecule has 0 spiro atoms. The topological polar surface area (TPSA) is 89.8 Å². The summed E-state index contributed by atoms with van der Waals surface area (Å²) in [5.41, 5.74) is 0. The second-order valence-corrected chi connectivity index (χ2v) is 21.3. The van der Waals surface area contributed by atoms with Crippen molar-refractivity contribution in [2.45, 2.75) is 372 Å². The number of unbranched alkanes of at least 4 members (excludes halogenated alkanes) is 49. The van der Waals surface area contributed by atoms with E-state index in [9.17, 15) is 20.1 Å². The van der Waals surface area contributed by atoms with Crippen LogP contribution in [0, 0.1) is 0 Å². The van der Waals surface area contributed by atoms with Crippen LogP contribution in [0.15, 0.2) is 0 Å². The van der Waals surface area contributed by atoms with Gasteiger partial charge in [0, 0.05) is 0 Å². The van der Waals surface area contributed by atoms with E-state index in [1.807, 2.05) is 0 Å². The van der Waals surface area contributed by atoms with E-state index in [2.05, 4.69) is 19.2 Å². The fraction of sp³-hybridized carbons (Fsp3) is 0.983. The van der Waals surface area contributed by atoms with Gasteiger partial charge >= 0.3 is 0 Å². The fourth-order valence-corrected chi connectivity index (χ4v) is 10.0. The van der Waals surface area contributed by atoms with Gasteiger partial charge in [-0.15, -0.1) is 0 Å². The first kappa shape index (κ1) is 64.3. The number of hydrogen-bond donors (Lipinski definition) is 4. The molecule has 3 atom stereocenters. The maximum absolute atomic E-state index is 12.6. The number of carbonyl (C=O) groups excluding carboxylic acids is 1. The van der Waals surface area contributed by atoms with E-state index < -0.39 is 24.2 Å². The van der Waals surface area contributed by atoms with Gasteiger partial charge in [0.25, 0.3) is 0 Å². The SMILES string of the molecule is CCCCCCCCCCCCCCCCCCCCCCCCCCCCCCCCCCCCCCC(O)C(=O)NC(CO)C(O)CCCCCCCCCCCCCCCCC. The molecule has 0 aromatic carbocycles. The number of carbonyl (C=O) groups is 1. The Kier molecular flexibility index (Phi) is 55.4. The largest absolute Gasteiger partial charge is 0.394 e. The van der Waals surface area contributed by atoms with Crippen molar-refractivity contribution in [3.05, 3.63) is 0 Å². The summed E-state index contributed by atoms with van der Waals surface area (Å²) in [5.74, 6) is -0.462. The fourth-order valence-electron chi connectivity index (χ4n) is 10.0. The van der Waals surface area contributed by atoms with Gasteiger partial charge in [0.1, 0.15) is 6.10 Å². The molecule has 0 saturated heterocycles. The zero-order valence-corrected chi connectivity index (χ0v) is 44.7. The minimum absolute atomic E-state index is 0.307. The molecule has 0 aromatic rings. The molecule has 0 aliphatic rings. The lowest BCUT2D eigenvalue weighted by Gasteiger charge is -2.23. The van der Waals surface area contributed by atoms with E-state index in [-0.39, 0.29) is 6.61 Å². The molecule has 65 heavy (non-hydrogen) atoms. The quantitative estimate of drug-likeness (QED) is 0.0458. The van der Waals surface area contributed by atoms with Crippen molar-refractivity contribution >= 4 is 5.91 Å². The Morgan fingerprint density at radius 1 is 0.308 bits per heavy atom. The highest BCUT2D eigenvalue weighted by atomic mass is 16.3. The molecule has 1 amide bonds. The summed E-state index contributed by atoms with van der Waals surface area (Å²) in [6.07, 6.45) is 69.0. The minimum atomic E-state index is -1.07. The average molecular weight is 921 g/mol. The second-order valence-electron chi connectivity index (χ2n) is 21.3. The molecule has 0 fully saturated rings. The van der Waals surface area contributed by atoms with Gasteiger partial charge in [-0.1, -0.05) is 341 Å². The third kappa shape index (κ3) is 51.0.